The van der Waals surface area contributed by atoms with Crippen molar-refractivity contribution in [2.75, 3.05) is 19.0 Å². The number of nitrogens with two attached hydrogens (primary N) is 1. The number of amides is 2. The molecular formula is C19H17N3O4S. The van der Waals surface area contributed by atoms with Crippen LogP contribution in [0.3, 0.4) is 0 Å². The van der Waals surface area contributed by atoms with Gasteiger partial charge in [0.25, 0.3) is 11.8 Å². The molecule has 3 aromatic rings. The molecule has 0 unspecified atom stereocenters. The molecule has 0 aliphatic heterocycles. The lowest BCUT2D eigenvalue weighted by atomic mass is 10.2. The van der Waals surface area contributed by atoms with Crippen molar-refractivity contribution in [3.8, 4) is 22.1 Å². The molecule has 0 saturated heterocycles. The number of rotatable bonds is 7. The molecule has 3 rings (SSSR count). The van der Waals surface area contributed by atoms with Crippen LogP contribution in [-0.4, -0.2) is 30.5 Å². The highest BCUT2D eigenvalue weighted by molar-refractivity contribution is 7.13. The Hall–Kier alpha value is -3.39. The van der Waals surface area contributed by atoms with Crippen molar-refractivity contribution in [3.05, 3.63) is 59.6 Å². The van der Waals surface area contributed by atoms with Crippen LogP contribution in [0.1, 0.15) is 10.5 Å². The second-order valence-electron chi connectivity index (χ2n) is 5.50. The van der Waals surface area contributed by atoms with Crippen LogP contribution in [0.5, 0.6) is 11.5 Å². The van der Waals surface area contributed by atoms with Crippen molar-refractivity contribution >= 4 is 28.8 Å². The number of hydrogen-bond donors (Lipinski definition) is 2. The van der Waals surface area contributed by atoms with E-state index < -0.39 is 5.91 Å². The first-order chi connectivity index (χ1) is 13.0. The van der Waals surface area contributed by atoms with Crippen LogP contribution >= 0.6 is 11.3 Å². The zero-order chi connectivity index (χ0) is 19.2. The van der Waals surface area contributed by atoms with Crippen molar-refractivity contribution in [1.29, 1.82) is 0 Å². The number of carbonyl (C=O) groups is 2. The van der Waals surface area contributed by atoms with Gasteiger partial charge in [-0.2, -0.15) is 0 Å². The zero-order valence-electron chi connectivity index (χ0n) is 14.5. The Bertz CT molecular complexity index is 954. The molecule has 1 heterocycles. The molecule has 0 radical (unpaired) electrons. The number of nitrogens with one attached hydrogen (secondary N) is 1. The quantitative estimate of drug-likeness (QED) is 0.653. The Kier molecular flexibility index (Phi) is 5.68. The van der Waals surface area contributed by atoms with E-state index in [-0.39, 0.29) is 12.5 Å². The Morgan fingerprint density at radius 1 is 1.15 bits per heavy atom. The predicted octanol–water partition coefficient (Wildman–Crippen LogP) is 2.94. The van der Waals surface area contributed by atoms with Gasteiger partial charge >= 0.3 is 0 Å². The minimum absolute atomic E-state index is 0.227. The summed E-state index contributed by atoms with van der Waals surface area (Å²) in [5.74, 6) is 0.284. The molecule has 138 valence electrons. The molecule has 0 saturated carbocycles. The van der Waals surface area contributed by atoms with Gasteiger partial charge in [0.05, 0.1) is 7.11 Å². The van der Waals surface area contributed by atoms with E-state index in [0.717, 1.165) is 16.3 Å². The molecule has 8 heteroatoms. The predicted molar refractivity (Wildman–Crippen MR) is 103 cm³/mol. The average molecular weight is 383 g/mol. The van der Waals surface area contributed by atoms with Crippen molar-refractivity contribution in [3.63, 3.8) is 0 Å². The highest BCUT2D eigenvalue weighted by atomic mass is 32.1. The van der Waals surface area contributed by atoms with Crippen molar-refractivity contribution in [2.24, 2.45) is 5.73 Å². The summed E-state index contributed by atoms with van der Waals surface area (Å²) in [5, 5.41) is 5.19. The Balaban J connectivity index is 1.69. The SMILES string of the molecule is COc1ccc(-c2nc(C(=O)Nc3cccc(OCC(N)=O)c3)cs2)cc1. The first-order valence-corrected chi connectivity index (χ1v) is 8.85. The second kappa shape index (κ2) is 8.33. The van der Waals surface area contributed by atoms with Gasteiger partial charge in [0.2, 0.25) is 0 Å². The highest BCUT2D eigenvalue weighted by Gasteiger charge is 2.13. The van der Waals surface area contributed by atoms with Gasteiger partial charge in [0.15, 0.2) is 6.61 Å². The maximum atomic E-state index is 12.4. The van der Waals surface area contributed by atoms with Crippen molar-refractivity contribution in [2.45, 2.75) is 0 Å². The molecule has 0 bridgehead atoms. The Morgan fingerprint density at radius 3 is 2.63 bits per heavy atom. The van der Waals surface area contributed by atoms with Crippen molar-refractivity contribution in [1.82, 2.24) is 4.98 Å². The van der Waals surface area contributed by atoms with E-state index in [1.807, 2.05) is 24.3 Å². The van der Waals surface area contributed by atoms with Gasteiger partial charge < -0.3 is 20.5 Å². The fourth-order valence-electron chi connectivity index (χ4n) is 2.26. The maximum absolute atomic E-state index is 12.4. The van der Waals surface area contributed by atoms with E-state index in [1.165, 1.54) is 11.3 Å². The van der Waals surface area contributed by atoms with E-state index >= 15 is 0 Å². The van der Waals surface area contributed by atoms with Crippen LogP contribution in [0, 0.1) is 0 Å². The molecule has 0 atom stereocenters. The first-order valence-electron chi connectivity index (χ1n) is 7.97. The highest BCUT2D eigenvalue weighted by Crippen LogP contribution is 2.26. The summed E-state index contributed by atoms with van der Waals surface area (Å²) >= 11 is 1.38. The summed E-state index contributed by atoms with van der Waals surface area (Å²) in [4.78, 5) is 27.6. The number of aromatic nitrogens is 1. The van der Waals surface area contributed by atoms with Crippen LogP contribution in [0.15, 0.2) is 53.9 Å². The first kappa shape index (κ1) is 18.4. The van der Waals surface area contributed by atoms with Crippen LogP contribution in [0.25, 0.3) is 10.6 Å². The molecule has 1 aromatic heterocycles. The molecule has 0 spiro atoms. The van der Waals surface area contributed by atoms with Gasteiger partial charge in [-0.25, -0.2) is 4.98 Å². The zero-order valence-corrected chi connectivity index (χ0v) is 15.3. The standard InChI is InChI=1S/C19H17N3O4S/c1-25-14-7-5-12(6-8-14)19-22-16(11-27-19)18(24)21-13-3-2-4-15(9-13)26-10-17(20)23/h2-9,11H,10H2,1H3,(H2,20,23)(H,21,24). The maximum Gasteiger partial charge on any atom is 0.275 e. The van der Waals surface area contributed by atoms with Gasteiger partial charge in [-0.3, -0.25) is 9.59 Å². The topological polar surface area (TPSA) is 104 Å². The lowest BCUT2D eigenvalue weighted by Gasteiger charge is -2.07. The third-order valence-electron chi connectivity index (χ3n) is 3.55. The third kappa shape index (κ3) is 4.83. The smallest absolute Gasteiger partial charge is 0.275 e. The van der Waals surface area contributed by atoms with Crippen molar-refractivity contribution < 1.29 is 19.1 Å². The molecule has 0 aliphatic carbocycles. The summed E-state index contributed by atoms with van der Waals surface area (Å²) in [6.45, 7) is -0.227. The lowest BCUT2D eigenvalue weighted by Crippen LogP contribution is -2.20. The monoisotopic (exact) mass is 383 g/mol. The molecule has 0 fully saturated rings. The van der Waals surface area contributed by atoms with Crippen LogP contribution in [-0.2, 0) is 4.79 Å². The fourth-order valence-corrected chi connectivity index (χ4v) is 3.06. The van der Waals surface area contributed by atoms with E-state index in [4.69, 9.17) is 15.2 Å². The number of carbonyl (C=O) groups excluding carboxylic acids is 2. The molecular weight excluding hydrogens is 366 g/mol. The number of thiazole rings is 1. The number of anilines is 1. The number of methoxy groups -OCH3 is 1. The van der Waals surface area contributed by atoms with Gasteiger partial charge in [0.1, 0.15) is 22.2 Å². The van der Waals surface area contributed by atoms with E-state index in [0.29, 0.717) is 17.1 Å². The van der Waals surface area contributed by atoms with Gasteiger partial charge in [-0.05, 0) is 36.4 Å². The van der Waals surface area contributed by atoms with E-state index in [1.54, 1.807) is 36.8 Å². The third-order valence-corrected chi connectivity index (χ3v) is 4.44. The number of ether oxygens (including phenoxy) is 2. The summed E-state index contributed by atoms with van der Waals surface area (Å²) < 4.78 is 10.4. The van der Waals surface area contributed by atoms with E-state index in [2.05, 4.69) is 10.3 Å². The summed E-state index contributed by atoms with van der Waals surface area (Å²) in [6.07, 6.45) is 0. The minimum atomic E-state index is -0.571. The fraction of sp³-hybridized carbons (Fsp3) is 0.105. The molecule has 2 aromatic carbocycles. The molecule has 27 heavy (non-hydrogen) atoms. The second-order valence-corrected chi connectivity index (χ2v) is 6.36. The average Bonchev–Trinajstić information content (AvgIpc) is 3.17. The minimum Gasteiger partial charge on any atom is -0.497 e. The van der Waals surface area contributed by atoms with Gasteiger partial charge in [-0.1, -0.05) is 6.07 Å². The van der Waals surface area contributed by atoms with E-state index in [9.17, 15) is 9.59 Å². The number of hydrogen-bond acceptors (Lipinski definition) is 6. The molecule has 3 N–H and O–H groups in total. The number of nitrogens with zero attached hydrogens (tertiary/aromatic N) is 1. The van der Waals surface area contributed by atoms with Gasteiger partial charge in [0, 0.05) is 22.7 Å². The summed E-state index contributed by atoms with van der Waals surface area (Å²) in [5.41, 5.74) is 6.80. The van der Waals surface area contributed by atoms with Gasteiger partial charge in [-0.15, -0.1) is 11.3 Å². The largest absolute Gasteiger partial charge is 0.497 e. The normalized spacial score (nSPS) is 10.3. The van der Waals surface area contributed by atoms with Crippen LogP contribution in [0.4, 0.5) is 5.69 Å². The number of benzene rings is 2. The summed E-state index contributed by atoms with van der Waals surface area (Å²) in [6, 6.07) is 14.2. The number of primary amides is 1. The Labute approximate surface area is 159 Å². The lowest BCUT2D eigenvalue weighted by molar-refractivity contribution is -0.119. The van der Waals surface area contributed by atoms with Crippen LogP contribution < -0.4 is 20.5 Å². The molecule has 2 amide bonds. The van der Waals surface area contributed by atoms with Crippen LogP contribution in [0.2, 0.25) is 0 Å². The molecule has 0 aliphatic rings. The molecule has 7 nitrogen and oxygen atoms in total. The summed E-state index contributed by atoms with van der Waals surface area (Å²) in [7, 11) is 1.61. The Morgan fingerprint density at radius 2 is 1.93 bits per heavy atom.